The van der Waals surface area contributed by atoms with Crippen LogP contribution in [0.25, 0.3) is 0 Å². The molecule has 0 bridgehead atoms. The highest BCUT2D eigenvalue weighted by atomic mass is 16.5. The number of benzene rings is 3. The lowest BCUT2D eigenvalue weighted by Crippen LogP contribution is -2.26. The van der Waals surface area contributed by atoms with Crippen LogP contribution < -0.4 is 15.4 Å². The molecule has 0 radical (unpaired) electrons. The van der Waals surface area contributed by atoms with Crippen molar-refractivity contribution in [2.75, 3.05) is 11.9 Å². The number of anilines is 1. The van der Waals surface area contributed by atoms with Crippen LogP contribution in [0.2, 0.25) is 0 Å². The van der Waals surface area contributed by atoms with Crippen molar-refractivity contribution < 1.29 is 14.3 Å². The van der Waals surface area contributed by atoms with Gasteiger partial charge in [-0.15, -0.1) is 0 Å². The van der Waals surface area contributed by atoms with Crippen LogP contribution in [0, 0.1) is 6.92 Å². The van der Waals surface area contributed by atoms with E-state index in [9.17, 15) is 9.59 Å². The fraction of sp³-hybridized carbons (Fsp3) is 0.130. The van der Waals surface area contributed by atoms with E-state index in [1.54, 1.807) is 36.4 Å². The zero-order valence-corrected chi connectivity index (χ0v) is 15.6. The molecule has 5 nitrogen and oxygen atoms in total. The molecule has 0 aliphatic heterocycles. The van der Waals surface area contributed by atoms with Crippen molar-refractivity contribution in [3.63, 3.8) is 0 Å². The third kappa shape index (κ3) is 5.45. The van der Waals surface area contributed by atoms with Gasteiger partial charge in [0.05, 0.1) is 11.3 Å². The molecule has 0 atom stereocenters. The number of aryl methyl sites for hydroxylation is 1. The Kier molecular flexibility index (Phi) is 6.41. The molecule has 0 unspecified atom stereocenters. The molecule has 5 heteroatoms. The molecule has 3 rings (SSSR count). The van der Waals surface area contributed by atoms with Gasteiger partial charge in [-0.1, -0.05) is 60.2 Å². The number of carbonyl (C=O) groups is 2. The standard InChI is InChI=1S/C23H22N2O3/c1-17-11-13-18(14-12-17)15-24-23(27)20-9-5-6-10-21(20)25-22(26)16-28-19-7-3-2-4-8-19/h2-14H,15-16H2,1H3,(H,24,27)(H,25,26). The summed E-state index contributed by atoms with van der Waals surface area (Å²) in [5.74, 6) is 0.0323. The van der Waals surface area contributed by atoms with Crippen molar-refractivity contribution in [3.05, 3.63) is 95.6 Å². The van der Waals surface area contributed by atoms with Crippen LogP contribution in [0.1, 0.15) is 21.5 Å². The minimum atomic E-state index is -0.331. The first-order valence-electron chi connectivity index (χ1n) is 9.02. The first-order valence-corrected chi connectivity index (χ1v) is 9.02. The van der Waals surface area contributed by atoms with Gasteiger partial charge in [0, 0.05) is 6.54 Å². The van der Waals surface area contributed by atoms with E-state index in [-0.39, 0.29) is 18.4 Å². The summed E-state index contributed by atoms with van der Waals surface area (Å²) in [6.45, 7) is 2.30. The van der Waals surface area contributed by atoms with Crippen LogP contribution in [-0.4, -0.2) is 18.4 Å². The van der Waals surface area contributed by atoms with E-state index in [2.05, 4.69) is 10.6 Å². The average Bonchev–Trinajstić information content (AvgIpc) is 2.73. The normalized spacial score (nSPS) is 10.2. The molecule has 3 aromatic carbocycles. The maximum Gasteiger partial charge on any atom is 0.262 e. The molecule has 0 aliphatic carbocycles. The third-order valence-corrected chi connectivity index (χ3v) is 4.13. The van der Waals surface area contributed by atoms with Gasteiger partial charge in [0.15, 0.2) is 6.61 Å². The van der Waals surface area contributed by atoms with Gasteiger partial charge in [0.2, 0.25) is 0 Å². The van der Waals surface area contributed by atoms with Gasteiger partial charge in [-0.3, -0.25) is 9.59 Å². The summed E-state index contributed by atoms with van der Waals surface area (Å²) in [5, 5.41) is 5.63. The summed E-state index contributed by atoms with van der Waals surface area (Å²) < 4.78 is 5.44. The highest BCUT2D eigenvalue weighted by Gasteiger charge is 2.13. The summed E-state index contributed by atoms with van der Waals surface area (Å²) in [6.07, 6.45) is 0. The number of rotatable bonds is 7. The summed E-state index contributed by atoms with van der Waals surface area (Å²) in [4.78, 5) is 24.8. The lowest BCUT2D eigenvalue weighted by molar-refractivity contribution is -0.118. The van der Waals surface area contributed by atoms with Gasteiger partial charge >= 0.3 is 0 Å². The maximum absolute atomic E-state index is 12.6. The van der Waals surface area contributed by atoms with E-state index in [0.29, 0.717) is 23.5 Å². The molecule has 2 amide bonds. The van der Waals surface area contributed by atoms with E-state index >= 15 is 0 Å². The lowest BCUT2D eigenvalue weighted by atomic mass is 10.1. The van der Waals surface area contributed by atoms with Gasteiger partial charge in [0.1, 0.15) is 5.75 Å². The minimum absolute atomic E-state index is 0.136. The van der Waals surface area contributed by atoms with E-state index in [0.717, 1.165) is 5.56 Å². The van der Waals surface area contributed by atoms with Crippen LogP contribution in [0.3, 0.4) is 0 Å². The molecule has 0 saturated carbocycles. The van der Waals surface area contributed by atoms with Gasteiger partial charge in [-0.25, -0.2) is 0 Å². The summed E-state index contributed by atoms with van der Waals surface area (Å²) >= 11 is 0. The largest absolute Gasteiger partial charge is 0.484 e. The second-order valence-corrected chi connectivity index (χ2v) is 6.36. The molecule has 2 N–H and O–H groups in total. The average molecular weight is 374 g/mol. The molecular weight excluding hydrogens is 352 g/mol. The Hall–Kier alpha value is -3.60. The van der Waals surface area contributed by atoms with Gasteiger partial charge in [-0.2, -0.15) is 0 Å². The molecule has 0 fully saturated rings. The lowest BCUT2D eigenvalue weighted by Gasteiger charge is -2.12. The van der Waals surface area contributed by atoms with Crippen molar-refractivity contribution >= 4 is 17.5 Å². The van der Waals surface area contributed by atoms with Crippen molar-refractivity contribution in [2.24, 2.45) is 0 Å². The maximum atomic E-state index is 12.6. The molecular formula is C23H22N2O3. The molecule has 0 aliphatic rings. The highest BCUT2D eigenvalue weighted by molar-refractivity contribution is 6.04. The number of hydrogen-bond acceptors (Lipinski definition) is 3. The Morgan fingerprint density at radius 1 is 0.857 bits per heavy atom. The fourth-order valence-electron chi connectivity index (χ4n) is 2.63. The topological polar surface area (TPSA) is 67.4 Å². The van der Waals surface area contributed by atoms with Crippen LogP contribution in [0.4, 0.5) is 5.69 Å². The molecule has 142 valence electrons. The van der Waals surface area contributed by atoms with E-state index in [1.165, 1.54) is 5.56 Å². The fourth-order valence-corrected chi connectivity index (χ4v) is 2.63. The Balaban J connectivity index is 1.59. The van der Waals surface area contributed by atoms with E-state index in [1.807, 2.05) is 49.4 Å². The van der Waals surface area contributed by atoms with Crippen molar-refractivity contribution in [1.29, 1.82) is 0 Å². The quantitative estimate of drug-likeness (QED) is 0.658. The number of ether oxygens (including phenoxy) is 1. The first kappa shape index (κ1) is 19.2. The third-order valence-electron chi connectivity index (χ3n) is 4.13. The number of nitrogens with one attached hydrogen (secondary N) is 2. The zero-order chi connectivity index (χ0) is 19.8. The van der Waals surface area contributed by atoms with E-state index in [4.69, 9.17) is 4.74 Å². The second kappa shape index (κ2) is 9.37. The molecule has 0 aromatic heterocycles. The summed E-state index contributed by atoms with van der Waals surface area (Å²) in [7, 11) is 0. The van der Waals surface area contributed by atoms with Crippen LogP contribution in [-0.2, 0) is 11.3 Å². The Morgan fingerprint density at radius 2 is 1.54 bits per heavy atom. The van der Waals surface area contributed by atoms with Gasteiger partial charge in [0.25, 0.3) is 11.8 Å². The highest BCUT2D eigenvalue weighted by Crippen LogP contribution is 2.16. The van der Waals surface area contributed by atoms with Crippen LogP contribution in [0.15, 0.2) is 78.9 Å². The first-order chi connectivity index (χ1) is 13.6. The minimum Gasteiger partial charge on any atom is -0.484 e. The second-order valence-electron chi connectivity index (χ2n) is 6.36. The van der Waals surface area contributed by atoms with Crippen LogP contribution >= 0.6 is 0 Å². The number of amides is 2. The van der Waals surface area contributed by atoms with Crippen molar-refractivity contribution in [3.8, 4) is 5.75 Å². The Bertz CT molecular complexity index is 938. The smallest absolute Gasteiger partial charge is 0.262 e. The van der Waals surface area contributed by atoms with Gasteiger partial charge in [-0.05, 0) is 36.8 Å². The van der Waals surface area contributed by atoms with Crippen molar-refractivity contribution in [1.82, 2.24) is 5.32 Å². The van der Waals surface area contributed by atoms with Crippen molar-refractivity contribution in [2.45, 2.75) is 13.5 Å². The Labute approximate surface area is 164 Å². The monoisotopic (exact) mass is 374 g/mol. The molecule has 0 spiro atoms. The number of para-hydroxylation sites is 2. The molecule has 28 heavy (non-hydrogen) atoms. The van der Waals surface area contributed by atoms with Crippen LogP contribution in [0.5, 0.6) is 5.75 Å². The SMILES string of the molecule is Cc1ccc(CNC(=O)c2ccccc2NC(=O)COc2ccccc2)cc1. The molecule has 0 saturated heterocycles. The summed E-state index contributed by atoms with van der Waals surface area (Å²) in [5.41, 5.74) is 3.03. The number of hydrogen-bond donors (Lipinski definition) is 2. The molecule has 3 aromatic rings. The zero-order valence-electron chi connectivity index (χ0n) is 15.6. The van der Waals surface area contributed by atoms with E-state index < -0.39 is 0 Å². The number of carbonyl (C=O) groups excluding carboxylic acids is 2. The Morgan fingerprint density at radius 3 is 2.29 bits per heavy atom. The predicted octanol–water partition coefficient (Wildman–Crippen LogP) is 3.94. The summed E-state index contributed by atoms with van der Waals surface area (Å²) in [6, 6.07) is 24.0. The van der Waals surface area contributed by atoms with Gasteiger partial charge < -0.3 is 15.4 Å². The predicted molar refractivity (Wildman–Crippen MR) is 109 cm³/mol. The molecule has 0 heterocycles.